The van der Waals surface area contributed by atoms with E-state index in [-0.39, 0.29) is 17.3 Å². The summed E-state index contributed by atoms with van der Waals surface area (Å²) in [5.74, 6) is -0.203. The van der Waals surface area contributed by atoms with Crippen LogP contribution in [0, 0.1) is 0 Å². The maximum atomic E-state index is 12.8. The SMILES string of the molecule is O=C(CN1CCN(c2ccccc2)CC1)Nc1cc(S(=O)(=O)N2CCCC2)ccc1Cl. The highest BCUT2D eigenvalue weighted by Crippen LogP contribution is 2.28. The normalized spacial score (nSPS) is 18.3. The zero-order chi connectivity index (χ0) is 21.8. The van der Waals surface area contributed by atoms with E-state index >= 15 is 0 Å². The number of hydrogen-bond donors (Lipinski definition) is 1. The standard InChI is InChI=1S/C22H27ClN4O3S/c23-20-9-8-19(31(29,30)27-10-4-5-11-27)16-21(20)24-22(28)17-25-12-14-26(15-13-25)18-6-2-1-3-7-18/h1-3,6-9,16H,4-5,10-15,17H2,(H,24,28). The summed E-state index contributed by atoms with van der Waals surface area (Å²) in [6.07, 6.45) is 1.74. The molecule has 31 heavy (non-hydrogen) atoms. The first-order chi connectivity index (χ1) is 14.9. The van der Waals surface area contributed by atoms with Gasteiger partial charge in [-0.1, -0.05) is 29.8 Å². The molecule has 2 saturated heterocycles. The molecule has 2 aliphatic rings. The molecule has 1 amide bonds. The van der Waals surface area contributed by atoms with Gasteiger partial charge in [0, 0.05) is 45.0 Å². The Morgan fingerprint density at radius 2 is 1.61 bits per heavy atom. The van der Waals surface area contributed by atoms with Crippen molar-refractivity contribution in [2.45, 2.75) is 17.7 Å². The highest BCUT2D eigenvalue weighted by Gasteiger charge is 2.28. The van der Waals surface area contributed by atoms with E-state index in [1.54, 1.807) is 0 Å². The summed E-state index contributed by atoms with van der Waals surface area (Å²) in [6.45, 7) is 4.55. The molecule has 1 N–H and O–H groups in total. The molecule has 0 bridgehead atoms. The number of rotatable bonds is 6. The predicted molar refractivity (Wildman–Crippen MR) is 123 cm³/mol. The lowest BCUT2D eigenvalue weighted by atomic mass is 10.2. The van der Waals surface area contributed by atoms with Crippen LogP contribution in [0.2, 0.25) is 5.02 Å². The van der Waals surface area contributed by atoms with Crippen molar-refractivity contribution in [3.05, 3.63) is 53.6 Å². The smallest absolute Gasteiger partial charge is 0.243 e. The second-order valence-corrected chi connectivity index (χ2v) is 10.2. The van der Waals surface area contributed by atoms with Crippen molar-refractivity contribution in [2.24, 2.45) is 0 Å². The molecule has 166 valence electrons. The summed E-state index contributed by atoms with van der Waals surface area (Å²) < 4.78 is 27.1. The molecular formula is C22H27ClN4O3S. The third-order valence-corrected chi connectivity index (χ3v) is 8.00. The molecule has 2 aliphatic heterocycles. The molecule has 2 aromatic carbocycles. The van der Waals surface area contributed by atoms with Gasteiger partial charge in [0.15, 0.2) is 0 Å². The average Bonchev–Trinajstić information content (AvgIpc) is 3.32. The fraction of sp³-hybridized carbons (Fsp3) is 0.409. The number of nitrogens with one attached hydrogen (secondary N) is 1. The molecule has 0 radical (unpaired) electrons. The first-order valence-electron chi connectivity index (χ1n) is 10.6. The molecule has 0 atom stereocenters. The zero-order valence-corrected chi connectivity index (χ0v) is 18.9. The number of hydrogen-bond acceptors (Lipinski definition) is 5. The minimum atomic E-state index is -3.57. The summed E-state index contributed by atoms with van der Waals surface area (Å²) in [5.41, 5.74) is 1.52. The van der Waals surface area contributed by atoms with E-state index < -0.39 is 10.0 Å². The first-order valence-corrected chi connectivity index (χ1v) is 12.4. The highest BCUT2D eigenvalue weighted by atomic mass is 35.5. The van der Waals surface area contributed by atoms with Crippen LogP contribution in [-0.4, -0.2) is 69.3 Å². The van der Waals surface area contributed by atoms with Gasteiger partial charge in [0.25, 0.3) is 0 Å². The van der Waals surface area contributed by atoms with Crippen molar-refractivity contribution in [3.8, 4) is 0 Å². The van der Waals surface area contributed by atoms with Crippen molar-refractivity contribution in [3.63, 3.8) is 0 Å². The van der Waals surface area contributed by atoms with Crippen molar-refractivity contribution in [1.82, 2.24) is 9.21 Å². The van der Waals surface area contributed by atoms with E-state index in [4.69, 9.17) is 11.6 Å². The summed E-state index contributed by atoms with van der Waals surface area (Å²) >= 11 is 6.24. The maximum absolute atomic E-state index is 12.8. The highest BCUT2D eigenvalue weighted by molar-refractivity contribution is 7.89. The number of para-hydroxylation sites is 1. The number of anilines is 2. The maximum Gasteiger partial charge on any atom is 0.243 e. The monoisotopic (exact) mass is 462 g/mol. The molecular weight excluding hydrogens is 436 g/mol. The molecule has 4 rings (SSSR count). The van der Waals surface area contributed by atoms with Crippen molar-refractivity contribution in [1.29, 1.82) is 0 Å². The molecule has 0 spiro atoms. The first kappa shape index (κ1) is 22.1. The Hall–Kier alpha value is -2.13. The molecule has 2 heterocycles. The number of halogens is 1. The van der Waals surface area contributed by atoms with Crippen LogP contribution in [-0.2, 0) is 14.8 Å². The van der Waals surface area contributed by atoms with Gasteiger partial charge in [-0.05, 0) is 43.2 Å². The van der Waals surface area contributed by atoms with Crippen LogP contribution < -0.4 is 10.2 Å². The lowest BCUT2D eigenvalue weighted by Crippen LogP contribution is -2.48. The predicted octanol–water partition coefficient (Wildman–Crippen LogP) is 2.89. The van der Waals surface area contributed by atoms with E-state index in [9.17, 15) is 13.2 Å². The lowest BCUT2D eigenvalue weighted by Gasteiger charge is -2.35. The van der Waals surface area contributed by atoms with Crippen molar-refractivity contribution < 1.29 is 13.2 Å². The molecule has 0 saturated carbocycles. The van der Waals surface area contributed by atoms with Gasteiger partial charge in [-0.2, -0.15) is 4.31 Å². The minimum Gasteiger partial charge on any atom is -0.369 e. The topological polar surface area (TPSA) is 73.0 Å². The Morgan fingerprint density at radius 3 is 2.29 bits per heavy atom. The molecule has 2 aromatic rings. The van der Waals surface area contributed by atoms with E-state index in [1.807, 2.05) is 18.2 Å². The van der Waals surface area contributed by atoms with Gasteiger partial charge in [-0.15, -0.1) is 0 Å². The molecule has 7 nitrogen and oxygen atoms in total. The Morgan fingerprint density at radius 1 is 0.935 bits per heavy atom. The van der Waals surface area contributed by atoms with Crippen LogP contribution in [0.3, 0.4) is 0 Å². The number of benzene rings is 2. The van der Waals surface area contributed by atoms with Crippen LogP contribution in [0.25, 0.3) is 0 Å². The number of carbonyl (C=O) groups excluding carboxylic acids is 1. The summed E-state index contributed by atoms with van der Waals surface area (Å²) in [6, 6.07) is 14.7. The van der Waals surface area contributed by atoms with E-state index in [0.717, 1.165) is 39.0 Å². The van der Waals surface area contributed by atoms with Gasteiger partial charge in [0.05, 0.1) is 22.2 Å². The quantitative estimate of drug-likeness (QED) is 0.714. The second kappa shape index (κ2) is 9.56. The van der Waals surface area contributed by atoms with Crippen molar-refractivity contribution >= 4 is 38.9 Å². The lowest BCUT2D eigenvalue weighted by molar-refractivity contribution is -0.117. The fourth-order valence-corrected chi connectivity index (χ4v) is 5.74. The van der Waals surface area contributed by atoms with Gasteiger partial charge in [-0.3, -0.25) is 9.69 Å². The van der Waals surface area contributed by atoms with Gasteiger partial charge in [0.1, 0.15) is 0 Å². The Balaban J connectivity index is 1.36. The average molecular weight is 463 g/mol. The molecule has 2 fully saturated rings. The molecule has 0 aliphatic carbocycles. The van der Waals surface area contributed by atoms with Crippen molar-refractivity contribution in [2.75, 3.05) is 56.0 Å². The number of carbonyl (C=O) groups is 1. The summed E-state index contributed by atoms with van der Waals surface area (Å²) in [5, 5.41) is 3.12. The summed E-state index contributed by atoms with van der Waals surface area (Å²) in [7, 11) is -3.57. The van der Waals surface area contributed by atoms with Gasteiger partial charge in [-0.25, -0.2) is 8.42 Å². The minimum absolute atomic E-state index is 0.158. The third kappa shape index (κ3) is 5.20. The van der Waals surface area contributed by atoms with Crippen LogP contribution in [0.1, 0.15) is 12.8 Å². The van der Waals surface area contributed by atoms with E-state index in [0.29, 0.717) is 23.8 Å². The van der Waals surface area contributed by atoms with Gasteiger partial charge >= 0.3 is 0 Å². The third-order valence-electron chi connectivity index (χ3n) is 5.78. The van der Waals surface area contributed by atoms with Crippen LogP contribution in [0.15, 0.2) is 53.4 Å². The number of sulfonamides is 1. The number of nitrogens with zero attached hydrogens (tertiary/aromatic N) is 3. The van der Waals surface area contributed by atoms with Crippen LogP contribution in [0.4, 0.5) is 11.4 Å². The second-order valence-electron chi connectivity index (χ2n) is 7.90. The Kier molecular flexibility index (Phi) is 6.81. The molecule has 0 aromatic heterocycles. The molecule has 0 unspecified atom stereocenters. The molecule has 9 heteroatoms. The van der Waals surface area contributed by atoms with E-state index in [1.165, 1.54) is 28.2 Å². The van der Waals surface area contributed by atoms with Crippen LogP contribution in [0.5, 0.6) is 0 Å². The Bertz CT molecular complexity index is 1020. The Labute approximate surface area is 188 Å². The van der Waals surface area contributed by atoms with Crippen LogP contribution >= 0.6 is 11.6 Å². The van der Waals surface area contributed by atoms with E-state index in [2.05, 4.69) is 27.2 Å². The fourth-order valence-electron chi connectivity index (χ4n) is 4.03. The zero-order valence-electron chi connectivity index (χ0n) is 17.3. The summed E-state index contributed by atoms with van der Waals surface area (Å²) in [4.78, 5) is 17.2. The van der Waals surface area contributed by atoms with Gasteiger partial charge < -0.3 is 10.2 Å². The largest absolute Gasteiger partial charge is 0.369 e. The van der Waals surface area contributed by atoms with Gasteiger partial charge in [0.2, 0.25) is 15.9 Å². The number of amides is 1. The number of piperazine rings is 1.